The van der Waals surface area contributed by atoms with Crippen LogP contribution in [0.1, 0.15) is 5.56 Å². The van der Waals surface area contributed by atoms with Gasteiger partial charge in [0.1, 0.15) is 0 Å². The number of carboxylic acids is 1. The summed E-state index contributed by atoms with van der Waals surface area (Å²) >= 11 is 1.31. The number of thioether (sulfide) groups is 1. The Bertz CT molecular complexity index is 425. The molecule has 74 valence electrons. The molecule has 0 radical (unpaired) electrons. The first-order chi connectivity index (χ1) is 6.63. The van der Waals surface area contributed by atoms with Gasteiger partial charge in [-0.2, -0.15) is 0 Å². The second kappa shape index (κ2) is 4.61. The van der Waals surface area contributed by atoms with Crippen molar-refractivity contribution in [1.29, 1.82) is 0 Å². The number of hydrogen-bond donors (Lipinski definition) is 2. The van der Waals surface area contributed by atoms with Crippen LogP contribution in [0.3, 0.4) is 0 Å². The molecule has 1 heterocycles. The lowest BCUT2D eigenvalue weighted by atomic mass is 10.3. The number of aromatic nitrogens is 2. The summed E-state index contributed by atoms with van der Waals surface area (Å²) in [6.07, 6.45) is 5.22. The zero-order chi connectivity index (χ0) is 10.6. The van der Waals surface area contributed by atoms with E-state index in [1.807, 2.05) is 0 Å². The Labute approximate surface area is 83.9 Å². The van der Waals surface area contributed by atoms with Gasteiger partial charge in [-0.1, -0.05) is 11.8 Å². The predicted octanol–water partition coefficient (Wildman–Crippen LogP) is 0.590. The van der Waals surface area contributed by atoms with Crippen LogP contribution in [0.4, 0.5) is 0 Å². The topological polar surface area (TPSA) is 83.0 Å². The van der Waals surface area contributed by atoms with Crippen LogP contribution in [0, 0.1) is 0 Å². The van der Waals surface area contributed by atoms with Gasteiger partial charge in [-0.05, 0) is 12.3 Å². The maximum atomic E-state index is 11.3. The van der Waals surface area contributed by atoms with E-state index in [9.17, 15) is 9.59 Å². The van der Waals surface area contributed by atoms with Crippen LogP contribution in [0.15, 0.2) is 22.2 Å². The molecule has 0 saturated heterocycles. The van der Waals surface area contributed by atoms with Gasteiger partial charge in [-0.25, -0.2) is 9.78 Å². The maximum absolute atomic E-state index is 11.3. The van der Waals surface area contributed by atoms with Crippen LogP contribution in [0.5, 0.6) is 0 Å². The number of nitrogens with one attached hydrogen (secondary N) is 1. The number of aliphatic carboxylic acids is 1. The highest BCUT2D eigenvalue weighted by Crippen LogP contribution is 2.04. The molecule has 0 aliphatic carbocycles. The van der Waals surface area contributed by atoms with Gasteiger partial charge in [-0.3, -0.25) is 4.79 Å². The number of carboxylic acid groups (broad SMARTS) is 1. The van der Waals surface area contributed by atoms with Gasteiger partial charge in [0.2, 0.25) is 0 Å². The third-order valence-electron chi connectivity index (χ3n) is 1.40. The van der Waals surface area contributed by atoms with Gasteiger partial charge in [-0.15, -0.1) is 0 Å². The molecule has 14 heavy (non-hydrogen) atoms. The van der Waals surface area contributed by atoms with E-state index in [2.05, 4.69) is 9.97 Å². The van der Waals surface area contributed by atoms with Crippen molar-refractivity contribution in [3.05, 3.63) is 28.2 Å². The summed E-state index contributed by atoms with van der Waals surface area (Å²) in [5, 5.41) is 8.85. The lowest BCUT2D eigenvalue weighted by Crippen LogP contribution is -2.11. The number of carbonyl (C=O) groups is 1. The van der Waals surface area contributed by atoms with Crippen molar-refractivity contribution in [3.63, 3.8) is 0 Å². The first-order valence-electron chi connectivity index (χ1n) is 3.68. The minimum absolute atomic E-state index is 0.227. The lowest BCUT2D eigenvalue weighted by Gasteiger charge is -1.95. The van der Waals surface area contributed by atoms with Gasteiger partial charge in [0.25, 0.3) is 5.56 Å². The van der Waals surface area contributed by atoms with Crippen LogP contribution in [0.2, 0.25) is 0 Å². The average Bonchev–Trinajstić information content (AvgIpc) is 2.15. The zero-order valence-electron chi connectivity index (χ0n) is 7.35. The highest BCUT2D eigenvalue weighted by molar-refractivity contribution is 7.98. The summed E-state index contributed by atoms with van der Waals surface area (Å²) in [6, 6.07) is 0. The Kier molecular flexibility index (Phi) is 3.47. The molecule has 0 aliphatic heterocycles. The number of rotatable bonds is 3. The second-order valence-electron chi connectivity index (χ2n) is 2.35. The van der Waals surface area contributed by atoms with Gasteiger partial charge >= 0.3 is 5.97 Å². The second-order valence-corrected chi connectivity index (χ2v) is 3.14. The standard InChI is InChI=1S/C8H8N2O3S/c1-14-8-9-4-5(7(13)10-8)2-3-6(11)12/h2-4H,1H3,(H,11,12)(H,9,10,13). The summed E-state index contributed by atoms with van der Waals surface area (Å²) in [5.41, 5.74) is -0.118. The SMILES string of the molecule is CSc1ncc(C=CC(=O)O)c(=O)[nH]1. The van der Waals surface area contributed by atoms with Crippen molar-refractivity contribution in [2.75, 3.05) is 6.26 Å². The van der Waals surface area contributed by atoms with E-state index >= 15 is 0 Å². The predicted molar refractivity (Wildman–Crippen MR) is 53.3 cm³/mol. The van der Waals surface area contributed by atoms with Crippen molar-refractivity contribution in [2.45, 2.75) is 5.16 Å². The Morgan fingerprint density at radius 3 is 2.93 bits per heavy atom. The fourth-order valence-corrected chi connectivity index (χ4v) is 1.12. The fourth-order valence-electron chi connectivity index (χ4n) is 0.772. The summed E-state index contributed by atoms with van der Waals surface area (Å²) < 4.78 is 0. The summed E-state index contributed by atoms with van der Waals surface area (Å²) in [5.74, 6) is -1.10. The molecule has 0 aromatic carbocycles. The summed E-state index contributed by atoms with van der Waals surface area (Å²) in [6.45, 7) is 0. The van der Waals surface area contributed by atoms with Crippen molar-refractivity contribution in [2.24, 2.45) is 0 Å². The molecule has 6 heteroatoms. The largest absolute Gasteiger partial charge is 0.478 e. The number of hydrogen-bond acceptors (Lipinski definition) is 4. The number of aromatic amines is 1. The van der Waals surface area contributed by atoms with Crippen LogP contribution in [-0.2, 0) is 4.79 Å². The molecule has 1 aromatic rings. The van der Waals surface area contributed by atoms with E-state index < -0.39 is 5.97 Å². The van der Waals surface area contributed by atoms with Crippen molar-refractivity contribution in [1.82, 2.24) is 9.97 Å². The molecule has 0 fully saturated rings. The normalized spacial score (nSPS) is 10.6. The third-order valence-corrected chi connectivity index (χ3v) is 2.00. The van der Waals surface area contributed by atoms with Crippen LogP contribution >= 0.6 is 11.8 Å². The molecule has 0 spiro atoms. The Hall–Kier alpha value is -1.56. The van der Waals surface area contributed by atoms with Crippen LogP contribution < -0.4 is 5.56 Å². The highest BCUT2D eigenvalue weighted by atomic mass is 32.2. The maximum Gasteiger partial charge on any atom is 0.328 e. The molecule has 1 aromatic heterocycles. The molecule has 0 atom stereocenters. The van der Waals surface area contributed by atoms with E-state index in [1.54, 1.807) is 6.26 Å². The minimum atomic E-state index is -1.10. The van der Waals surface area contributed by atoms with E-state index in [0.717, 1.165) is 6.08 Å². The van der Waals surface area contributed by atoms with Crippen molar-refractivity contribution in [3.8, 4) is 0 Å². The molecule has 1 rings (SSSR count). The first-order valence-corrected chi connectivity index (χ1v) is 4.90. The van der Waals surface area contributed by atoms with Crippen molar-refractivity contribution >= 4 is 23.8 Å². The van der Waals surface area contributed by atoms with Gasteiger partial charge in [0.05, 0.1) is 5.56 Å². The Morgan fingerprint density at radius 2 is 2.43 bits per heavy atom. The zero-order valence-corrected chi connectivity index (χ0v) is 8.17. The van der Waals surface area contributed by atoms with E-state index in [-0.39, 0.29) is 11.1 Å². The smallest absolute Gasteiger partial charge is 0.328 e. The molecule has 2 N–H and O–H groups in total. The Balaban J connectivity index is 3.01. The molecule has 0 unspecified atom stereocenters. The fraction of sp³-hybridized carbons (Fsp3) is 0.125. The average molecular weight is 212 g/mol. The number of nitrogens with zero attached hydrogens (tertiary/aromatic N) is 1. The molecule has 0 amide bonds. The summed E-state index contributed by atoms with van der Waals surface area (Å²) in [7, 11) is 0. The third kappa shape index (κ3) is 2.74. The molecule has 0 saturated carbocycles. The number of H-pyrrole nitrogens is 1. The van der Waals surface area contributed by atoms with E-state index in [4.69, 9.17) is 5.11 Å². The Morgan fingerprint density at radius 1 is 1.71 bits per heavy atom. The molecular formula is C8H8N2O3S. The van der Waals surface area contributed by atoms with Crippen molar-refractivity contribution < 1.29 is 9.90 Å². The quantitative estimate of drug-likeness (QED) is 0.435. The van der Waals surface area contributed by atoms with E-state index in [1.165, 1.54) is 24.0 Å². The monoisotopic (exact) mass is 212 g/mol. The molecular weight excluding hydrogens is 204 g/mol. The summed E-state index contributed by atoms with van der Waals surface area (Å²) in [4.78, 5) is 27.8. The molecule has 0 aliphatic rings. The minimum Gasteiger partial charge on any atom is -0.478 e. The first kappa shape index (κ1) is 10.5. The van der Waals surface area contributed by atoms with Gasteiger partial charge < -0.3 is 10.1 Å². The van der Waals surface area contributed by atoms with Gasteiger partial charge in [0.15, 0.2) is 5.16 Å². The van der Waals surface area contributed by atoms with E-state index in [0.29, 0.717) is 5.16 Å². The van der Waals surface area contributed by atoms with Crippen LogP contribution in [-0.4, -0.2) is 27.3 Å². The highest BCUT2D eigenvalue weighted by Gasteiger charge is 1.98. The molecule has 0 bridgehead atoms. The van der Waals surface area contributed by atoms with Crippen LogP contribution in [0.25, 0.3) is 6.08 Å². The molecule has 5 nitrogen and oxygen atoms in total. The van der Waals surface area contributed by atoms with Gasteiger partial charge in [0, 0.05) is 12.3 Å². The lowest BCUT2D eigenvalue weighted by molar-refractivity contribution is -0.131.